The van der Waals surface area contributed by atoms with Gasteiger partial charge in [0.15, 0.2) is 0 Å². The Morgan fingerprint density at radius 2 is 2.21 bits per heavy atom. The molecule has 0 atom stereocenters. The zero-order valence-electron chi connectivity index (χ0n) is 10.8. The van der Waals surface area contributed by atoms with Crippen LogP contribution in [0.1, 0.15) is 12.8 Å². The van der Waals surface area contributed by atoms with E-state index in [0.717, 1.165) is 42.6 Å². The average molecular weight is 278 g/mol. The first kappa shape index (κ1) is 11.6. The van der Waals surface area contributed by atoms with Crippen molar-refractivity contribution in [2.45, 2.75) is 18.9 Å². The minimum Gasteiger partial charge on any atom is -0.489 e. The van der Waals surface area contributed by atoms with E-state index in [1.807, 2.05) is 25.4 Å². The highest BCUT2D eigenvalue weighted by Gasteiger charge is 2.49. The molecular weight excluding hydrogens is 262 g/mol. The highest BCUT2D eigenvalue weighted by Crippen LogP contribution is 2.46. The number of aromatic nitrogens is 2. The minimum absolute atomic E-state index is 0.310. The summed E-state index contributed by atoms with van der Waals surface area (Å²) in [6.45, 7) is 2.28. The Hall–Kier alpha value is -1.26. The number of halogens is 1. The Balaban J connectivity index is 1.58. The van der Waals surface area contributed by atoms with Crippen LogP contribution < -0.4 is 10.1 Å². The lowest BCUT2D eigenvalue weighted by Crippen LogP contribution is -2.62. The summed E-state index contributed by atoms with van der Waals surface area (Å²) in [6, 6.07) is 3.97. The molecule has 0 bridgehead atoms. The predicted molar refractivity (Wildman–Crippen MR) is 74.7 cm³/mol. The molecule has 5 heteroatoms. The van der Waals surface area contributed by atoms with E-state index in [0.29, 0.717) is 16.5 Å². The standard InChI is InChI=1S/C14H16ClN3O/c1-18-13-9(6-17-18)2-3-11(12(13)15)19-10-4-14(5-10)7-16-8-14/h2-3,6,10,16H,4-5,7-8H2,1H3. The maximum Gasteiger partial charge on any atom is 0.140 e. The lowest BCUT2D eigenvalue weighted by molar-refractivity contribution is -0.0494. The van der Waals surface area contributed by atoms with Crippen molar-refractivity contribution >= 4 is 22.5 Å². The first-order chi connectivity index (χ1) is 9.17. The molecule has 2 fully saturated rings. The van der Waals surface area contributed by atoms with E-state index in [1.165, 1.54) is 0 Å². The highest BCUT2D eigenvalue weighted by molar-refractivity contribution is 6.36. The third-order valence-corrected chi connectivity index (χ3v) is 4.79. The molecule has 1 aromatic carbocycles. The Morgan fingerprint density at radius 1 is 1.42 bits per heavy atom. The van der Waals surface area contributed by atoms with Gasteiger partial charge in [-0.15, -0.1) is 0 Å². The molecule has 2 aromatic rings. The van der Waals surface area contributed by atoms with Gasteiger partial charge in [0, 0.05) is 30.9 Å². The van der Waals surface area contributed by atoms with E-state index in [-0.39, 0.29) is 0 Å². The number of benzene rings is 1. The summed E-state index contributed by atoms with van der Waals surface area (Å²) in [7, 11) is 1.90. The second kappa shape index (κ2) is 3.87. The van der Waals surface area contributed by atoms with E-state index < -0.39 is 0 Å². The fraction of sp³-hybridized carbons (Fsp3) is 0.500. The van der Waals surface area contributed by atoms with Gasteiger partial charge in [0.1, 0.15) is 16.9 Å². The van der Waals surface area contributed by atoms with Crippen molar-refractivity contribution in [3.8, 4) is 5.75 Å². The topological polar surface area (TPSA) is 39.1 Å². The smallest absolute Gasteiger partial charge is 0.140 e. The largest absolute Gasteiger partial charge is 0.489 e. The summed E-state index contributed by atoms with van der Waals surface area (Å²) in [5.74, 6) is 0.782. The number of hydrogen-bond donors (Lipinski definition) is 1. The molecule has 2 heterocycles. The first-order valence-corrected chi connectivity index (χ1v) is 7.02. The van der Waals surface area contributed by atoms with Crippen LogP contribution in [0.15, 0.2) is 18.3 Å². The zero-order valence-corrected chi connectivity index (χ0v) is 11.6. The summed E-state index contributed by atoms with van der Waals surface area (Å²) in [4.78, 5) is 0. The molecule has 1 aliphatic carbocycles. The van der Waals surface area contributed by atoms with Crippen LogP contribution in [0.2, 0.25) is 5.02 Å². The average Bonchev–Trinajstić information content (AvgIpc) is 2.66. The first-order valence-electron chi connectivity index (χ1n) is 6.65. The van der Waals surface area contributed by atoms with E-state index >= 15 is 0 Å². The molecule has 0 radical (unpaired) electrons. The van der Waals surface area contributed by atoms with Crippen LogP contribution in [0.5, 0.6) is 5.75 Å². The normalized spacial score (nSPS) is 21.4. The number of fused-ring (bicyclic) bond motifs is 1. The monoisotopic (exact) mass is 277 g/mol. The Morgan fingerprint density at radius 3 is 2.89 bits per heavy atom. The van der Waals surface area contributed by atoms with E-state index in [2.05, 4.69) is 10.4 Å². The molecule has 2 aliphatic rings. The Kier molecular flexibility index (Phi) is 2.35. The maximum atomic E-state index is 6.43. The van der Waals surface area contributed by atoms with Crippen LogP contribution in [-0.4, -0.2) is 29.0 Å². The van der Waals surface area contributed by atoms with Gasteiger partial charge < -0.3 is 10.1 Å². The molecule has 1 N–H and O–H groups in total. The minimum atomic E-state index is 0.310. The number of ether oxygens (including phenoxy) is 1. The van der Waals surface area contributed by atoms with Gasteiger partial charge >= 0.3 is 0 Å². The van der Waals surface area contributed by atoms with Crippen molar-refractivity contribution in [2.75, 3.05) is 13.1 Å². The SMILES string of the molecule is Cn1ncc2ccc(OC3CC4(CNC4)C3)c(Cl)c21. The number of aryl methyl sites for hydroxylation is 1. The summed E-state index contributed by atoms with van der Waals surface area (Å²) in [6.07, 6.45) is 4.41. The molecule has 1 saturated heterocycles. The summed E-state index contributed by atoms with van der Waals surface area (Å²) < 4.78 is 7.84. The molecule has 0 amide bonds. The fourth-order valence-electron chi connectivity index (χ4n) is 3.23. The Bertz CT molecular complexity index is 639. The van der Waals surface area contributed by atoms with Crippen LogP contribution in [0.4, 0.5) is 0 Å². The molecule has 19 heavy (non-hydrogen) atoms. The van der Waals surface area contributed by atoms with Gasteiger partial charge in [-0.25, -0.2) is 0 Å². The van der Waals surface area contributed by atoms with Crippen LogP contribution in [0.3, 0.4) is 0 Å². The van der Waals surface area contributed by atoms with Crippen LogP contribution in [0.25, 0.3) is 10.9 Å². The molecule has 0 unspecified atom stereocenters. The van der Waals surface area contributed by atoms with Crippen molar-refractivity contribution in [1.29, 1.82) is 0 Å². The van der Waals surface area contributed by atoms with Gasteiger partial charge in [-0.3, -0.25) is 4.68 Å². The van der Waals surface area contributed by atoms with Gasteiger partial charge in [-0.2, -0.15) is 5.10 Å². The van der Waals surface area contributed by atoms with Crippen LogP contribution in [0, 0.1) is 5.41 Å². The summed E-state index contributed by atoms with van der Waals surface area (Å²) in [5, 5.41) is 9.28. The van der Waals surface area contributed by atoms with Crippen molar-refractivity contribution in [2.24, 2.45) is 12.5 Å². The number of hydrogen-bond acceptors (Lipinski definition) is 3. The highest BCUT2D eigenvalue weighted by atomic mass is 35.5. The fourth-order valence-corrected chi connectivity index (χ4v) is 3.57. The van der Waals surface area contributed by atoms with Crippen molar-refractivity contribution < 1.29 is 4.74 Å². The number of nitrogens with zero attached hydrogens (tertiary/aromatic N) is 2. The quantitative estimate of drug-likeness (QED) is 0.916. The lowest BCUT2D eigenvalue weighted by Gasteiger charge is -2.53. The second-order valence-electron chi connectivity index (χ2n) is 5.84. The molecule has 100 valence electrons. The molecule has 1 aromatic heterocycles. The van der Waals surface area contributed by atoms with E-state index in [1.54, 1.807) is 4.68 Å². The predicted octanol–water partition coefficient (Wildman–Crippen LogP) is 2.36. The van der Waals surface area contributed by atoms with Crippen molar-refractivity contribution in [3.63, 3.8) is 0 Å². The van der Waals surface area contributed by atoms with Crippen molar-refractivity contribution in [1.82, 2.24) is 15.1 Å². The van der Waals surface area contributed by atoms with Gasteiger partial charge in [0.2, 0.25) is 0 Å². The lowest BCUT2D eigenvalue weighted by atomic mass is 9.63. The third kappa shape index (κ3) is 1.66. The number of nitrogens with one attached hydrogen (secondary N) is 1. The van der Waals surface area contributed by atoms with Gasteiger partial charge in [-0.05, 0) is 25.0 Å². The molecule has 1 saturated carbocycles. The summed E-state index contributed by atoms with van der Waals surface area (Å²) >= 11 is 6.43. The summed E-state index contributed by atoms with van der Waals surface area (Å²) in [5.41, 5.74) is 1.46. The molecule has 1 aliphatic heterocycles. The number of rotatable bonds is 2. The molecule has 4 rings (SSSR count). The third-order valence-electron chi connectivity index (χ3n) is 4.42. The van der Waals surface area contributed by atoms with Crippen LogP contribution >= 0.6 is 11.6 Å². The van der Waals surface area contributed by atoms with Gasteiger partial charge in [0.25, 0.3) is 0 Å². The Labute approximate surface area is 116 Å². The van der Waals surface area contributed by atoms with E-state index in [4.69, 9.17) is 16.3 Å². The molecule has 1 spiro atoms. The van der Waals surface area contributed by atoms with Crippen molar-refractivity contribution in [3.05, 3.63) is 23.4 Å². The van der Waals surface area contributed by atoms with Crippen LogP contribution in [-0.2, 0) is 7.05 Å². The van der Waals surface area contributed by atoms with E-state index in [9.17, 15) is 0 Å². The van der Waals surface area contributed by atoms with Gasteiger partial charge in [0.05, 0.1) is 11.7 Å². The molecule has 4 nitrogen and oxygen atoms in total. The maximum absolute atomic E-state index is 6.43. The molecular formula is C14H16ClN3O. The second-order valence-corrected chi connectivity index (χ2v) is 6.21. The zero-order chi connectivity index (χ0) is 13.0. The van der Waals surface area contributed by atoms with Gasteiger partial charge in [-0.1, -0.05) is 11.6 Å².